The summed E-state index contributed by atoms with van der Waals surface area (Å²) in [5.41, 5.74) is 0. The summed E-state index contributed by atoms with van der Waals surface area (Å²) < 4.78 is 0. The van der Waals surface area contributed by atoms with Crippen LogP contribution in [0.4, 0.5) is 0 Å². The molecule has 0 aromatic carbocycles. The molecule has 52 valence electrons. The molecular formula is C8H15N. The van der Waals surface area contributed by atoms with Gasteiger partial charge in [0.05, 0.1) is 0 Å². The molecule has 1 heteroatoms. The lowest BCUT2D eigenvalue weighted by atomic mass is 10.2. The van der Waals surface area contributed by atoms with Crippen LogP contribution >= 0.6 is 0 Å². The second-order valence-corrected chi connectivity index (χ2v) is 3.67. The zero-order valence-corrected chi connectivity index (χ0v) is 6.22. The average Bonchev–Trinajstić information content (AvgIpc) is 2.61. The molecule has 2 aliphatic rings. The van der Waals surface area contributed by atoms with Crippen LogP contribution in [0.3, 0.4) is 0 Å². The van der Waals surface area contributed by atoms with Crippen LogP contribution in [0.15, 0.2) is 0 Å². The van der Waals surface area contributed by atoms with Crippen molar-refractivity contribution in [2.75, 3.05) is 7.05 Å². The van der Waals surface area contributed by atoms with Crippen molar-refractivity contribution in [2.45, 2.75) is 25.8 Å². The van der Waals surface area contributed by atoms with Gasteiger partial charge in [-0.3, -0.25) is 0 Å². The van der Waals surface area contributed by atoms with Crippen molar-refractivity contribution in [1.82, 2.24) is 5.32 Å². The highest BCUT2D eigenvalue weighted by Crippen LogP contribution is 2.53. The van der Waals surface area contributed by atoms with Crippen molar-refractivity contribution in [3.8, 4) is 0 Å². The zero-order valence-electron chi connectivity index (χ0n) is 6.22. The lowest BCUT2D eigenvalue weighted by molar-refractivity contribution is 0.603. The van der Waals surface area contributed by atoms with E-state index in [1.807, 2.05) is 0 Å². The van der Waals surface area contributed by atoms with E-state index >= 15 is 0 Å². The summed E-state index contributed by atoms with van der Waals surface area (Å²) in [5, 5.41) is 3.33. The van der Waals surface area contributed by atoms with Gasteiger partial charge >= 0.3 is 0 Å². The maximum atomic E-state index is 3.33. The molecule has 0 radical (unpaired) electrons. The van der Waals surface area contributed by atoms with E-state index < -0.39 is 0 Å². The molecule has 0 aliphatic heterocycles. The van der Waals surface area contributed by atoms with Gasteiger partial charge in [-0.15, -0.1) is 0 Å². The van der Waals surface area contributed by atoms with Crippen molar-refractivity contribution in [2.24, 2.45) is 17.8 Å². The molecule has 4 atom stereocenters. The molecule has 0 spiro atoms. The maximum Gasteiger partial charge on any atom is 0.00989 e. The largest absolute Gasteiger partial charge is 0.317 e. The van der Waals surface area contributed by atoms with E-state index in [0.717, 1.165) is 23.8 Å². The molecule has 2 aliphatic carbocycles. The van der Waals surface area contributed by atoms with E-state index in [-0.39, 0.29) is 0 Å². The molecule has 0 aromatic heterocycles. The first-order chi connectivity index (χ1) is 4.33. The van der Waals surface area contributed by atoms with Crippen LogP contribution < -0.4 is 5.32 Å². The Morgan fingerprint density at radius 3 is 2.22 bits per heavy atom. The van der Waals surface area contributed by atoms with Gasteiger partial charge in [0.2, 0.25) is 0 Å². The van der Waals surface area contributed by atoms with E-state index in [0.29, 0.717) is 0 Å². The fraction of sp³-hybridized carbons (Fsp3) is 1.00. The summed E-state index contributed by atoms with van der Waals surface area (Å²) in [6.07, 6.45) is 2.95. The van der Waals surface area contributed by atoms with Crippen LogP contribution in [0.5, 0.6) is 0 Å². The third-order valence-electron chi connectivity index (χ3n) is 2.93. The SMILES string of the molecule is CNC1CC1C1C[C@H]1C. The molecule has 0 aromatic rings. The molecule has 2 rings (SSSR count). The van der Waals surface area contributed by atoms with Crippen LogP contribution in [-0.2, 0) is 0 Å². The maximum absolute atomic E-state index is 3.33. The van der Waals surface area contributed by atoms with E-state index in [9.17, 15) is 0 Å². The minimum atomic E-state index is 0.889. The highest BCUT2D eigenvalue weighted by atomic mass is 14.9. The summed E-state index contributed by atoms with van der Waals surface area (Å²) in [7, 11) is 2.08. The average molecular weight is 125 g/mol. The molecule has 1 nitrogen and oxygen atoms in total. The minimum absolute atomic E-state index is 0.889. The molecule has 1 N–H and O–H groups in total. The Bertz CT molecular complexity index is 122. The van der Waals surface area contributed by atoms with Crippen molar-refractivity contribution in [3.63, 3.8) is 0 Å². The van der Waals surface area contributed by atoms with Crippen LogP contribution in [0.1, 0.15) is 19.8 Å². The molecule has 2 saturated carbocycles. The fourth-order valence-electron chi connectivity index (χ4n) is 1.97. The Morgan fingerprint density at radius 1 is 1.22 bits per heavy atom. The first-order valence-electron chi connectivity index (χ1n) is 4.00. The predicted octanol–water partition coefficient (Wildman–Crippen LogP) is 1.25. The Balaban J connectivity index is 1.79. The molecular weight excluding hydrogens is 110 g/mol. The number of rotatable bonds is 2. The van der Waals surface area contributed by atoms with Gasteiger partial charge in [-0.25, -0.2) is 0 Å². The van der Waals surface area contributed by atoms with Gasteiger partial charge in [0.15, 0.2) is 0 Å². The van der Waals surface area contributed by atoms with Gasteiger partial charge < -0.3 is 5.32 Å². The second kappa shape index (κ2) is 1.72. The molecule has 3 unspecified atom stereocenters. The fourth-order valence-corrected chi connectivity index (χ4v) is 1.97. The van der Waals surface area contributed by atoms with Gasteiger partial charge in [-0.1, -0.05) is 6.92 Å². The van der Waals surface area contributed by atoms with Gasteiger partial charge in [0.25, 0.3) is 0 Å². The summed E-state index contributed by atoms with van der Waals surface area (Å²) in [6, 6.07) is 0.889. The number of hydrogen-bond acceptors (Lipinski definition) is 1. The standard InChI is InChI=1S/C8H15N/c1-5-3-6(5)7-4-8(7)9-2/h5-9H,3-4H2,1-2H3/t5-,6?,7?,8?/m1/s1. The monoisotopic (exact) mass is 125 g/mol. The Labute approximate surface area is 56.8 Å². The van der Waals surface area contributed by atoms with Crippen molar-refractivity contribution >= 4 is 0 Å². The highest BCUT2D eigenvalue weighted by Gasteiger charge is 2.50. The quantitative estimate of drug-likeness (QED) is 0.585. The van der Waals surface area contributed by atoms with Crippen molar-refractivity contribution in [3.05, 3.63) is 0 Å². The normalized spacial score (nSPS) is 55.3. The molecule has 0 bridgehead atoms. The van der Waals surface area contributed by atoms with Crippen LogP contribution in [-0.4, -0.2) is 13.1 Å². The van der Waals surface area contributed by atoms with E-state index in [4.69, 9.17) is 0 Å². The van der Waals surface area contributed by atoms with E-state index in [1.165, 1.54) is 12.8 Å². The lowest BCUT2D eigenvalue weighted by Gasteiger charge is -1.92. The Hall–Kier alpha value is -0.0400. The first-order valence-corrected chi connectivity index (χ1v) is 4.00. The number of nitrogens with one attached hydrogen (secondary N) is 1. The first kappa shape index (κ1) is 5.72. The Kier molecular flexibility index (Phi) is 1.10. The lowest BCUT2D eigenvalue weighted by Crippen LogP contribution is -2.11. The Morgan fingerprint density at radius 2 is 1.89 bits per heavy atom. The third-order valence-corrected chi connectivity index (χ3v) is 2.93. The van der Waals surface area contributed by atoms with E-state index in [1.54, 1.807) is 0 Å². The predicted molar refractivity (Wildman–Crippen MR) is 38.2 cm³/mol. The zero-order chi connectivity index (χ0) is 6.43. The van der Waals surface area contributed by atoms with Gasteiger partial charge in [0.1, 0.15) is 0 Å². The molecule has 0 saturated heterocycles. The molecule has 2 fully saturated rings. The third kappa shape index (κ3) is 0.877. The van der Waals surface area contributed by atoms with E-state index in [2.05, 4.69) is 19.3 Å². The molecule has 9 heavy (non-hydrogen) atoms. The summed E-state index contributed by atoms with van der Waals surface area (Å²) in [4.78, 5) is 0. The van der Waals surface area contributed by atoms with Gasteiger partial charge in [-0.2, -0.15) is 0 Å². The summed E-state index contributed by atoms with van der Waals surface area (Å²) in [6.45, 7) is 2.37. The summed E-state index contributed by atoms with van der Waals surface area (Å²) >= 11 is 0. The van der Waals surface area contributed by atoms with Crippen molar-refractivity contribution in [1.29, 1.82) is 0 Å². The number of hydrogen-bond donors (Lipinski definition) is 1. The van der Waals surface area contributed by atoms with Gasteiger partial charge in [-0.05, 0) is 37.6 Å². The van der Waals surface area contributed by atoms with Crippen molar-refractivity contribution < 1.29 is 0 Å². The van der Waals surface area contributed by atoms with Crippen LogP contribution in [0.25, 0.3) is 0 Å². The minimum Gasteiger partial charge on any atom is -0.317 e. The molecule has 0 amide bonds. The topological polar surface area (TPSA) is 12.0 Å². The molecule has 0 heterocycles. The summed E-state index contributed by atoms with van der Waals surface area (Å²) in [5.74, 6) is 3.21. The van der Waals surface area contributed by atoms with Gasteiger partial charge in [0, 0.05) is 6.04 Å². The highest BCUT2D eigenvalue weighted by molar-refractivity contribution is 5.03. The smallest absolute Gasteiger partial charge is 0.00989 e. The van der Waals surface area contributed by atoms with Crippen LogP contribution in [0, 0.1) is 17.8 Å². The van der Waals surface area contributed by atoms with Crippen LogP contribution in [0.2, 0.25) is 0 Å². The second-order valence-electron chi connectivity index (χ2n) is 3.67.